The molecule has 1 amide bonds. The van der Waals surface area contributed by atoms with Gasteiger partial charge in [0.2, 0.25) is 0 Å². The van der Waals surface area contributed by atoms with Crippen molar-refractivity contribution >= 4 is 29.6 Å². The lowest BCUT2D eigenvalue weighted by molar-refractivity contribution is -0.387. The van der Waals surface area contributed by atoms with Gasteiger partial charge in [0.1, 0.15) is 18.2 Å². The van der Waals surface area contributed by atoms with Crippen molar-refractivity contribution in [3.63, 3.8) is 0 Å². The number of carbonyl (C=O) groups is 1. The molecule has 0 atom stereocenters. The number of nitrogens with zero attached hydrogens (tertiary/aromatic N) is 4. The second-order valence-electron chi connectivity index (χ2n) is 6.47. The van der Waals surface area contributed by atoms with Crippen molar-refractivity contribution < 1.29 is 19.6 Å². The Morgan fingerprint density at radius 1 is 1.47 bits per heavy atom. The third-order valence-corrected chi connectivity index (χ3v) is 5.28. The molecule has 0 radical (unpaired) electrons. The Balaban J connectivity index is 2.14. The number of hydrogen-bond donors (Lipinski definition) is 2. The van der Waals surface area contributed by atoms with Crippen molar-refractivity contribution in [3.05, 3.63) is 67.1 Å². The molecule has 0 spiro atoms. The number of carbonyl (C=O) groups excluding carboxylic acids is 1. The molecule has 0 saturated heterocycles. The fourth-order valence-electron chi connectivity index (χ4n) is 2.81. The van der Waals surface area contributed by atoms with Crippen LogP contribution >= 0.6 is 11.8 Å². The van der Waals surface area contributed by atoms with Crippen LogP contribution in [0, 0.1) is 28.4 Å². The first-order valence-electron chi connectivity index (χ1n) is 9.28. The minimum Gasteiger partial charge on any atom is -0.396 e. The Morgan fingerprint density at radius 3 is 2.84 bits per heavy atom. The number of nitriles is 1. The van der Waals surface area contributed by atoms with E-state index in [1.165, 1.54) is 25.5 Å². The van der Waals surface area contributed by atoms with Gasteiger partial charge in [0.15, 0.2) is 0 Å². The van der Waals surface area contributed by atoms with E-state index in [1.807, 2.05) is 6.07 Å². The first-order chi connectivity index (χ1) is 15.3. The highest BCUT2D eigenvalue weighted by molar-refractivity contribution is 7.99. The standard InChI is InChI=1S/C20H21N5O6S/c1-13-7-15(12-31-2)16(9-21)20(28)24(13)11-19(27)23-22-10-14-3-4-18(32-6-5-26)17(8-14)25(29)30/h3-4,7-8,10,26H,5-6,11-12H2,1-2H3,(H,23,27)/b22-10+. The summed E-state index contributed by atoms with van der Waals surface area (Å²) in [6.07, 6.45) is 1.24. The van der Waals surface area contributed by atoms with Crippen molar-refractivity contribution in [2.24, 2.45) is 5.10 Å². The first-order valence-corrected chi connectivity index (χ1v) is 10.3. The van der Waals surface area contributed by atoms with Crippen molar-refractivity contribution in [3.8, 4) is 6.07 Å². The summed E-state index contributed by atoms with van der Waals surface area (Å²) in [6, 6.07) is 7.88. The van der Waals surface area contributed by atoms with Gasteiger partial charge < -0.3 is 14.4 Å². The number of hydrazone groups is 1. The van der Waals surface area contributed by atoms with E-state index < -0.39 is 16.4 Å². The number of nitro groups is 1. The Bertz CT molecular complexity index is 1140. The van der Waals surface area contributed by atoms with E-state index in [1.54, 1.807) is 19.1 Å². The fourth-order valence-corrected chi connectivity index (χ4v) is 3.57. The summed E-state index contributed by atoms with van der Waals surface area (Å²) in [5.41, 5.74) is 2.72. The van der Waals surface area contributed by atoms with Crippen LogP contribution in [0.1, 0.15) is 22.4 Å². The highest BCUT2D eigenvalue weighted by Crippen LogP contribution is 2.29. The van der Waals surface area contributed by atoms with Crippen LogP contribution in [0.25, 0.3) is 0 Å². The van der Waals surface area contributed by atoms with Gasteiger partial charge in [-0.2, -0.15) is 10.4 Å². The van der Waals surface area contributed by atoms with E-state index in [0.29, 0.717) is 27.5 Å². The molecule has 0 aliphatic heterocycles. The van der Waals surface area contributed by atoms with E-state index in [2.05, 4.69) is 10.5 Å². The first kappa shape index (κ1) is 24.7. The monoisotopic (exact) mass is 459 g/mol. The van der Waals surface area contributed by atoms with Crippen LogP contribution in [-0.4, -0.2) is 46.2 Å². The molecule has 0 bridgehead atoms. The number of amides is 1. The molecule has 11 nitrogen and oxygen atoms in total. The lowest BCUT2D eigenvalue weighted by atomic mass is 10.1. The number of thioether (sulfide) groups is 1. The Morgan fingerprint density at radius 2 is 2.22 bits per heavy atom. The molecule has 2 N–H and O–H groups in total. The number of aliphatic hydroxyl groups is 1. The highest BCUT2D eigenvalue weighted by atomic mass is 32.2. The molecular weight excluding hydrogens is 438 g/mol. The van der Waals surface area contributed by atoms with E-state index in [-0.39, 0.29) is 31.0 Å². The van der Waals surface area contributed by atoms with Crippen LogP contribution in [0.2, 0.25) is 0 Å². The van der Waals surface area contributed by atoms with Crippen LogP contribution in [0.15, 0.2) is 39.1 Å². The number of ether oxygens (including phenoxy) is 1. The van der Waals surface area contributed by atoms with Gasteiger partial charge >= 0.3 is 0 Å². The number of nitro benzene ring substituents is 1. The quantitative estimate of drug-likeness (QED) is 0.233. The van der Waals surface area contributed by atoms with Gasteiger partial charge in [0.25, 0.3) is 17.2 Å². The van der Waals surface area contributed by atoms with Crippen LogP contribution in [0.4, 0.5) is 5.69 Å². The number of hydrogen-bond acceptors (Lipinski definition) is 9. The second-order valence-corrected chi connectivity index (χ2v) is 7.61. The lowest BCUT2D eigenvalue weighted by Crippen LogP contribution is -2.33. The molecule has 0 fully saturated rings. The van der Waals surface area contributed by atoms with Crippen molar-refractivity contribution in [2.45, 2.75) is 25.0 Å². The molecule has 1 aromatic carbocycles. The van der Waals surface area contributed by atoms with Gasteiger partial charge in [-0.15, -0.1) is 11.8 Å². The number of aryl methyl sites for hydroxylation is 1. The third-order valence-electron chi connectivity index (χ3n) is 4.23. The number of aliphatic hydroxyl groups excluding tert-OH is 1. The summed E-state index contributed by atoms with van der Waals surface area (Å²) in [4.78, 5) is 35.9. The molecule has 168 valence electrons. The van der Waals surface area contributed by atoms with E-state index in [4.69, 9.17) is 9.84 Å². The molecule has 0 aliphatic rings. The number of nitrogens with one attached hydrogen (secondary N) is 1. The van der Waals surface area contributed by atoms with Gasteiger partial charge in [-0.3, -0.25) is 19.7 Å². The third kappa shape index (κ3) is 6.24. The summed E-state index contributed by atoms with van der Waals surface area (Å²) in [6.45, 7) is 1.26. The smallest absolute Gasteiger partial charge is 0.283 e. The Labute approximate surface area is 187 Å². The van der Waals surface area contributed by atoms with Gasteiger partial charge in [0.05, 0.1) is 29.2 Å². The number of methoxy groups -OCH3 is 1. The molecular formula is C20H21N5O6S. The zero-order chi connectivity index (χ0) is 23.7. The van der Waals surface area contributed by atoms with E-state index in [0.717, 1.165) is 16.3 Å². The zero-order valence-corrected chi connectivity index (χ0v) is 18.2. The number of benzene rings is 1. The minimum atomic E-state index is -0.612. The van der Waals surface area contributed by atoms with Crippen molar-refractivity contribution in [2.75, 3.05) is 19.5 Å². The largest absolute Gasteiger partial charge is 0.396 e. The number of rotatable bonds is 10. The highest BCUT2D eigenvalue weighted by Gasteiger charge is 2.16. The summed E-state index contributed by atoms with van der Waals surface area (Å²) in [5, 5.41) is 33.2. The van der Waals surface area contributed by atoms with Crippen LogP contribution < -0.4 is 11.0 Å². The average Bonchev–Trinajstić information content (AvgIpc) is 2.76. The van der Waals surface area contributed by atoms with Crippen LogP contribution in [0.3, 0.4) is 0 Å². The zero-order valence-electron chi connectivity index (χ0n) is 17.4. The van der Waals surface area contributed by atoms with E-state index in [9.17, 15) is 25.0 Å². The number of aromatic nitrogens is 1. The van der Waals surface area contributed by atoms with Crippen molar-refractivity contribution in [1.82, 2.24) is 9.99 Å². The number of pyridine rings is 1. The maximum Gasteiger partial charge on any atom is 0.283 e. The van der Waals surface area contributed by atoms with Crippen LogP contribution in [0.5, 0.6) is 0 Å². The fraction of sp³-hybridized carbons (Fsp3) is 0.300. The van der Waals surface area contributed by atoms with E-state index >= 15 is 0 Å². The molecule has 12 heteroatoms. The second kappa shape index (κ2) is 11.8. The van der Waals surface area contributed by atoms with Crippen molar-refractivity contribution in [1.29, 1.82) is 5.26 Å². The topological polar surface area (TPSA) is 160 Å². The average molecular weight is 459 g/mol. The van der Waals surface area contributed by atoms with Gasteiger partial charge in [0, 0.05) is 35.7 Å². The molecule has 1 aromatic heterocycles. The van der Waals surface area contributed by atoms with Gasteiger partial charge in [-0.25, -0.2) is 5.43 Å². The predicted octanol–water partition coefficient (Wildman–Crippen LogP) is 1.32. The summed E-state index contributed by atoms with van der Waals surface area (Å²) in [5.74, 6) is -0.289. The lowest BCUT2D eigenvalue weighted by Gasteiger charge is -2.12. The van der Waals surface area contributed by atoms with Gasteiger partial charge in [-0.1, -0.05) is 6.07 Å². The molecule has 1 heterocycles. The Hall–Kier alpha value is -3.53. The molecule has 2 aromatic rings. The van der Waals surface area contributed by atoms with Gasteiger partial charge in [-0.05, 0) is 19.1 Å². The summed E-state index contributed by atoms with van der Waals surface area (Å²) in [7, 11) is 1.45. The maximum absolute atomic E-state index is 12.5. The molecule has 0 saturated carbocycles. The minimum absolute atomic E-state index is 0.0970. The normalized spacial score (nSPS) is 10.8. The molecule has 0 aliphatic carbocycles. The van der Waals surface area contributed by atoms with Crippen LogP contribution in [-0.2, 0) is 22.7 Å². The molecule has 0 unspecified atom stereocenters. The maximum atomic E-state index is 12.5. The predicted molar refractivity (Wildman–Crippen MR) is 118 cm³/mol. The molecule has 2 rings (SSSR count). The molecule has 32 heavy (non-hydrogen) atoms. The summed E-state index contributed by atoms with van der Waals surface area (Å²) < 4.78 is 6.15. The summed E-state index contributed by atoms with van der Waals surface area (Å²) >= 11 is 1.15. The SMILES string of the molecule is COCc1cc(C)n(CC(=O)N/N=C/c2ccc(SCCO)c([N+](=O)[O-])c2)c(=O)c1C#N. The Kier molecular flexibility index (Phi) is 9.08.